The van der Waals surface area contributed by atoms with Crippen LogP contribution in [0.2, 0.25) is 0 Å². The van der Waals surface area contributed by atoms with Crippen LogP contribution in [0, 0.1) is 6.92 Å². The molecule has 1 atom stereocenters. The Kier molecular flexibility index (Phi) is 5.23. The lowest BCUT2D eigenvalue weighted by Gasteiger charge is -2.24. The summed E-state index contributed by atoms with van der Waals surface area (Å²) in [6.07, 6.45) is 3.21. The van der Waals surface area contributed by atoms with Gasteiger partial charge >= 0.3 is 6.03 Å². The van der Waals surface area contributed by atoms with E-state index in [1.165, 1.54) is 0 Å². The van der Waals surface area contributed by atoms with Crippen LogP contribution in [-0.2, 0) is 19.6 Å². The van der Waals surface area contributed by atoms with Gasteiger partial charge in [0.15, 0.2) is 0 Å². The molecule has 0 radical (unpaired) electrons. The molecule has 7 nitrogen and oxygen atoms in total. The maximum atomic E-state index is 12.5. The molecular weight excluding hydrogens is 354 g/mol. The number of anilines is 1. The number of ether oxygens (including phenoxy) is 1. The molecule has 4 rings (SSSR count). The fourth-order valence-electron chi connectivity index (χ4n) is 3.29. The zero-order valence-electron chi connectivity index (χ0n) is 15.8. The Balaban J connectivity index is 1.39. The van der Waals surface area contributed by atoms with E-state index in [0.717, 1.165) is 29.8 Å². The predicted octanol–water partition coefficient (Wildman–Crippen LogP) is 3.30. The molecule has 0 fully saturated rings. The molecule has 2 N–H and O–H groups in total. The predicted molar refractivity (Wildman–Crippen MR) is 106 cm³/mol. The monoisotopic (exact) mass is 377 g/mol. The number of benzene rings is 2. The zero-order valence-corrected chi connectivity index (χ0v) is 15.8. The van der Waals surface area contributed by atoms with Crippen LogP contribution < -0.4 is 15.4 Å². The number of aryl methyl sites for hydroxylation is 2. The van der Waals surface area contributed by atoms with Gasteiger partial charge in [-0.25, -0.2) is 14.5 Å². The van der Waals surface area contributed by atoms with Crippen molar-refractivity contribution in [2.24, 2.45) is 0 Å². The van der Waals surface area contributed by atoms with Crippen molar-refractivity contribution < 1.29 is 9.53 Å². The molecule has 144 valence electrons. The summed E-state index contributed by atoms with van der Waals surface area (Å²) in [5.74, 6) is 1.62. The van der Waals surface area contributed by atoms with E-state index in [0.29, 0.717) is 24.6 Å². The standard InChI is InChI=1S/C21H23N5O2/c1-15-7-9-18(19(11-15)28-13-16-5-3-2-4-6-16)25-21(27)24-17-8-10-20-22-14-23-26(20)12-17/h2-7,9,11,14,17H,8,10,12-13H2,1H3,(H2,24,25,27). The number of urea groups is 1. The maximum Gasteiger partial charge on any atom is 0.319 e. The second-order valence-corrected chi connectivity index (χ2v) is 6.97. The summed E-state index contributed by atoms with van der Waals surface area (Å²) in [6, 6.07) is 15.5. The van der Waals surface area contributed by atoms with Crippen LogP contribution >= 0.6 is 0 Å². The van der Waals surface area contributed by atoms with Crippen molar-refractivity contribution in [1.29, 1.82) is 0 Å². The number of rotatable bonds is 5. The molecule has 1 unspecified atom stereocenters. The Labute approximate surface area is 163 Å². The lowest BCUT2D eigenvalue weighted by Crippen LogP contribution is -2.43. The van der Waals surface area contributed by atoms with Gasteiger partial charge in [-0.15, -0.1) is 0 Å². The number of amides is 2. The van der Waals surface area contributed by atoms with Crippen LogP contribution in [0.4, 0.5) is 10.5 Å². The highest BCUT2D eigenvalue weighted by atomic mass is 16.5. The molecule has 0 spiro atoms. The number of fused-ring (bicyclic) bond motifs is 1. The van der Waals surface area contributed by atoms with Crippen LogP contribution in [0.15, 0.2) is 54.9 Å². The molecule has 0 aliphatic carbocycles. The van der Waals surface area contributed by atoms with Crippen molar-refractivity contribution in [3.05, 3.63) is 71.8 Å². The van der Waals surface area contributed by atoms with Gasteiger partial charge in [0, 0.05) is 6.42 Å². The Bertz CT molecular complexity index is 954. The highest BCUT2D eigenvalue weighted by molar-refractivity contribution is 5.91. The summed E-state index contributed by atoms with van der Waals surface area (Å²) in [7, 11) is 0. The smallest absolute Gasteiger partial charge is 0.319 e. The first-order valence-corrected chi connectivity index (χ1v) is 9.39. The van der Waals surface area contributed by atoms with E-state index in [1.54, 1.807) is 6.33 Å². The van der Waals surface area contributed by atoms with Gasteiger partial charge in [-0.2, -0.15) is 5.10 Å². The number of hydrogen-bond donors (Lipinski definition) is 2. The fourth-order valence-corrected chi connectivity index (χ4v) is 3.29. The van der Waals surface area contributed by atoms with Crippen LogP contribution in [0.3, 0.4) is 0 Å². The van der Waals surface area contributed by atoms with E-state index in [-0.39, 0.29) is 12.1 Å². The Morgan fingerprint density at radius 3 is 2.96 bits per heavy atom. The lowest BCUT2D eigenvalue weighted by atomic mass is 10.1. The first-order chi connectivity index (χ1) is 13.7. The molecule has 7 heteroatoms. The van der Waals surface area contributed by atoms with Crippen molar-refractivity contribution in [2.75, 3.05) is 5.32 Å². The van der Waals surface area contributed by atoms with E-state index in [4.69, 9.17) is 4.74 Å². The van der Waals surface area contributed by atoms with Gasteiger partial charge in [0.2, 0.25) is 0 Å². The Morgan fingerprint density at radius 1 is 1.25 bits per heavy atom. The molecular formula is C21H23N5O2. The zero-order chi connectivity index (χ0) is 19.3. The van der Waals surface area contributed by atoms with E-state index in [9.17, 15) is 4.79 Å². The summed E-state index contributed by atoms with van der Waals surface area (Å²) in [5.41, 5.74) is 2.79. The van der Waals surface area contributed by atoms with Gasteiger partial charge in [0.1, 0.15) is 24.5 Å². The summed E-state index contributed by atoms with van der Waals surface area (Å²) in [5, 5.41) is 10.1. The maximum absolute atomic E-state index is 12.5. The summed E-state index contributed by atoms with van der Waals surface area (Å²) in [6.45, 7) is 3.07. The molecule has 0 bridgehead atoms. The van der Waals surface area contributed by atoms with Crippen molar-refractivity contribution in [2.45, 2.75) is 39.0 Å². The van der Waals surface area contributed by atoms with Gasteiger partial charge in [-0.05, 0) is 36.6 Å². The van der Waals surface area contributed by atoms with Crippen LogP contribution in [0.1, 0.15) is 23.4 Å². The third-order valence-corrected chi connectivity index (χ3v) is 4.76. The third-order valence-electron chi connectivity index (χ3n) is 4.76. The second kappa shape index (κ2) is 8.12. The van der Waals surface area contributed by atoms with Gasteiger partial charge in [-0.3, -0.25) is 0 Å². The quantitative estimate of drug-likeness (QED) is 0.715. The van der Waals surface area contributed by atoms with Crippen molar-refractivity contribution in [3.63, 3.8) is 0 Å². The molecule has 1 aliphatic rings. The molecule has 2 heterocycles. The second-order valence-electron chi connectivity index (χ2n) is 6.97. The van der Waals surface area contributed by atoms with Gasteiger partial charge in [-0.1, -0.05) is 36.4 Å². The van der Waals surface area contributed by atoms with E-state index < -0.39 is 0 Å². The van der Waals surface area contributed by atoms with Gasteiger partial charge < -0.3 is 15.4 Å². The minimum absolute atomic E-state index is 0.0216. The Hall–Kier alpha value is -3.35. The van der Waals surface area contributed by atoms with E-state index >= 15 is 0 Å². The summed E-state index contributed by atoms with van der Waals surface area (Å²) >= 11 is 0. The molecule has 1 aliphatic heterocycles. The lowest BCUT2D eigenvalue weighted by molar-refractivity contribution is 0.243. The molecule has 3 aromatic rings. The molecule has 28 heavy (non-hydrogen) atoms. The number of carbonyl (C=O) groups is 1. The molecule has 1 aromatic heterocycles. The highest BCUT2D eigenvalue weighted by Crippen LogP contribution is 2.27. The van der Waals surface area contributed by atoms with Crippen LogP contribution in [0.25, 0.3) is 0 Å². The van der Waals surface area contributed by atoms with Gasteiger partial charge in [0.05, 0.1) is 18.3 Å². The third kappa shape index (κ3) is 4.31. The summed E-state index contributed by atoms with van der Waals surface area (Å²) in [4.78, 5) is 16.7. The first kappa shape index (κ1) is 18.0. The molecule has 0 saturated carbocycles. The normalized spacial score (nSPS) is 15.5. The summed E-state index contributed by atoms with van der Waals surface area (Å²) < 4.78 is 7.81. The highest BCUT2D eigenvalue weighted by Gasteiger charge is 2.21. The fraction of sp³-hybridized carbons (Fsp3) is 0.286. The van der Waals surface area contributed by atoms with Crippen LogP contribution in [0.5, 0.6) is 5.75 Å². The number of hydrogen-bond acceptors (Lipinski definition) is 4. The number of carbonyl (C=O) groups excluding carboxylic acids is 1. The number of nitrogens with one attached hydrogen (secondary N) is 2. The van der Waals surface area contributed by atoms with Crippen LogP contribution in [-0.4, -0.2) is 26.8 Å². The minimum atomic E-state index is -0.248. The Morgan fingerprint density at radius 2 is 2.11 bits per heavy atom. The average molecular weight is 377 g/mol. The topological polar surface area (TPSA) is 81.1 Å². The first-order valence-electron chi connectivity index (χ1n) is 9.39. The largest absolute Gasteiger partial charge is 0.487 e. The number of aromatic nitrogens is 3. The van der Waals surface area contributed by atoms with Crippen molar-refractivity contribution in [3.8, 4) is 5.75 Å². The average Bonchev–Trinajstić information content (AvgIpc) is 3.17. The van der Waals surface area contributed by atoms with E-state index in [2.05, 4.69) is 20.7 Å². The molecule has 2 aromatic carbocycles. The van der Waals surface area contributed by atoms with Gasteiger partial charge in [0.25, 0.3) is 0 Å². The molecule has 2 amide bonds. The SMILES string of the molecule is Cc1ccc(NC(=O)NC2CCc3ncnn3C2)c(OCc2ccccc2)c1. The number of nitrogens with zero attached hydrogens (tertiary/aromatic N) is 3. The molecule has 0 saturated heterocycles. The van der Waals surface area contributed by atoms with Crippen molar-refractivity contribution >= 4 is 11.7 Å². The van der Waals surface area contributed by atoms with E-state index in [1.807, 2.05) is 60.1 Å². The minimum Gasteiger partial charge on any atom is -0.487 e. The van der Waals surface area contributed by atoms with Crippen molar-refractivity contribution in [1.82, 2.24) is 20.1 Å².